The Balaban J connectivity index is 0.000000511. The minimum absolute atomic E-state index is 0.0253. The molecular weight excluding hydrogens is 314 g/mol. The fourth-order valence-electron chi connectivity index (χ4n) is 2.93. The molecule has 0 radical (unpaired) electrons. The SMILES string of the molecule is CN(C)C(c1ccccc1)c1c(O)ccc2ccccc12.NNC=O. The maximum Gasteiger partial charge on any atom is 0.221 e. The van der Waals surface area contributed by atoms with E-state index in [1.807, 2.05) is 50.5 Å². The first-order valence-electron chi connectivity index (χ1n) is 7.92. The summed E-state index contributed by atoms with van der Waals surface area (Å²) in [5.41, 5.74) is 3.89. The third kappa shape index (κ3) is 4.35. The van der Waals surface area contributed by atoms with Crippen molar-refractivity contribution in [2.45, 2.75) is 6.04 Å². The summed E-state index contributed by atoms with van der Waals surface area (Å²) in [6.45, 7) is 0. The number of nitrogens with two attached hydrogens (primary N) is 1. The normalized spacial score (nSPS) is 11.5. The van der Waals surface area contributed by atoms with Crippen LogP contribution >= 0.6 is 0 Å². The number of nitrogens with zero attached hydrogens (tertiary/aromatic N) is 1. The van der Waals surface area contributed by atoms with Crippen LogP contribution in [0.5, 0.6) is 5.75 Å². The molecule has 25 heavy (non-hydrogen) atoms. The maximum absolute atomic E-state index is 10.5. The number of aromatic hydroxyl groups is 1. The highest BCUT2D eigenvalue weighted by Gasteiger charge is 2.22. The van der Waals surface area contributed by atoms with Crippen LogP contribution in [0, 0.1) is 0 Å². The minimum atomic E-state index is 0.0253. The predicted molar refractivity (Wildman–Crippen MR) is 101 cm³/mol. The average Bonchev–Trinajstić information content (AvgIpc) is 2.64. The van der Waals surface area contributed by atoms with E-state index in [0.29, 0.717) is 12.2 Å². The second kappa shape index (κ2) is 8.82. The Kier molecular flexibility index (Phi) is 6.51. The van der Waals surface area contributed by atoms with E-state index in [1.54, 1.807) is 11.5 Å². The minimum Gasteiger partial charge on any atom is -0.508 e. The number of phenols is 1. The average molecular weight is 337 g/mol. The van der Waals surface area contributed by atoms with E-state index in [-0.39, 0.29) is 6.04 Å². The Labute approximate surface area is 147 Å². The Morgan fingerprint density at radius 3 is 2.20 bits per heavy atom. The van der Waals surface area contributed by atoms with Crippen molar-refractivity contribution in [1.29, 1.82) is 0 Å². The van der Waals surface area contributed by atoms with Crippen molar-refractivity contribution in [2.75, 3.05) is 14.1 Å². The summed E-state index contributed by atoms with van der Waals surface area (Å²) in [4.78, 5) is 11.1. The number of benzene rings is 3. The van der Waals surface area contributed by atoms with Crippen LogP contribution < -0.4 is 11.3 Å². The third-order valence-electron chi connectivity index (χ3n) is 3.92. The smallest absolute Gasteiger partial charge is 0.221 e. The molecule has 1 unspecified atom stereocenters. The second-order valence-electron chi connectivity index (χ2n) is 5.78. The Morgan fingerprint density at radius 2 is 1.60 bits per heavy atom. The van der Waals surface area contributed by atoms with Crippen molar-refractivity contribution in [1.82, 2.24) is 10.3 Å². The Morgan fingerprint density at radius 1 is 1.00 bits per heavy atom. The van der Waals surface area contributed by atoms with Crippen molar-refractivity contribution in [2.24, 2.45) is 5.84 Å². The van der Waals surface area contributed by atoms with Crippen LogP contribution in [0.3, 0.4) is 0 Å². The summed E-state index contributed by atoms with van der Waals surface area (Å²) < 4.78 is 0. The molecule has 0 saturated heterocycles. The van der Waals surface area contributed by atoms with E-state index in [1.165, 1.54) is 5.56 Å². The molecule has 0 aliphatic heterocycles. The molecule has 0 spiro atoms. The number of rotatable bonds is 4. The van der Waals surface area contributed by atoms with Gasteiger partial charge in [-0.05, 0) is 36.5 Å². The zero-order valence-corrected chi connectivity index (χ0v) is 14.4. The standard InChI is InChI=1S/C19H19NO.CH4N2O/c1-20(2)19(15-9-4-3-5-10-15)18-16-11-7-6-8-14(16)12-13-17(18)21;2-3-1-4/h3-13,19,21H,1-2H3;1H,2H2,(H,3,4). The Bertz CT molecular complexity index is 820. The molecule has 0 saturated carbocycles. The molecule has 1 amide bonds. The van der Waals surface area contributed by atoms with Gasteiger partial charge in [-0.2, -0.15) is 0 Å². The number of amides is 1. The Hall–Kier alpha value is -2.89. The fraction of sp³-hybridized carbons (Fsp3) is 0.150. The van der Waals surface area contributed by atoms with Gasteiger partial charge in [0.1, 0.15) is 5.75 Å². The first-order chi connectivity index (χ1) is 12.1. The fourth-order valence-corrected chi connectivity index (χ4v) is 2.93. The van der Waals surface area contributed by atoms with Crippen LogP contribution in [0.15, 0.2) is 66.7 Å². The van der Waals surface area contributed by atoms with Crippen molar-refractivity contribution < 1.29 is 9.90 Å². The molecule has 3 rings (SSSR count). The van der Waals surface area contributed by atoms with Gasteiger partial charge in [-0.3, -0.25) is 15.1 Å². The van der Waals surface area contributed by atoms with E-state index >= 15 is 0 Å². The predicted octanol–water partition coefficient (Wildman–Crippen LogP) is 2.80. The zero-order valence-electron chi connectivity index (χ0n) is 14.4. The highest BCUT2D eigenvalue weighted by molar-refractivity contribution is 5.88. The molecule has 5 nitrogen and oxygen atoms in total. The van der Waals surface area contributed by atoms with Crippen molar-refractivity contribution in [3.05, 3.63) is 77.9 Å². The summed E-state index contributed by atoms with van der Waals surface area (Å²) in [7, 11) is 4.08. The lowest BCUT2D eigenvalue weighted by Gasteiger charge is -2.27. The van der Waals surface area contributed by atoms with Crippen LogP contribution in [0.1, 0.15) is 17.2 Å². The van der Waals surface area contributed by atoms with Gasteiger partial charge in [0.25, 0.3) is 0 Å². The maximum atomic E-state index is 10.5. The molecule has 3 aromatic rings. The summed E-state index contributed by atoms with van der Waals surface area (Å²) in [6, 6.07) is 22.3. The molecule has 4 N–H and O–H groups in total. The number of nitrogens with one attached hydrogen (secondary N) is 1. The topological polar surface area (TPSA) is 78.6 Å². The highest BCUT2D eigenvalue weighted by atomic mass is 16.3. The number of hydrogen-bond donors (Lipinski definition) is 3. The summed E-state index contributed by atoms with van der Waals surface area (Å²) in [6.07, 6.45) is 0.403. The molecule has 5 heteroatoms. The molecule has 3 aromatic carbocycles. The summed E-state index contributed by atoms with van der Waals surface area (Å²) >= 11 is 0. The van der Waals surface area contributed by atoms with Crippen LogP contribution in [0.4, 0.5) is 0 Å². The van der Waals surface area contributed by atoms with Gasteiger partial charge in [-0.1, -0.05) is 60.7 Å². The van der Waals surface area contributed by atoms with Gasteiger partial charge in [-0.25, -0.2) is 5.84 Å². The van der Waals surface area contributed by atoms with Gasteiger partial charge < -0.3 is 5.11 Å². The van der Waals surface area contributed by atoms with Crippen molar-refractivity contribution >= 4 is 17.2 Å². The summed E-state index contributed by atoms with van der Waals surface area (Å²) in [5.74, 6) is 4.75. The molecule has 0 aliphatic rings. The van der Waals surface area contributed by atoms with E-state index in [2.05, 4.69) is 35.0 Å². The molecule has 0 aromatic heterocycles. The van der Waals surface area contributed by atoms with Gasteiger partial charge in [0.2, 0.25) is 6.41 Å². The lowest BCUT2D eigenvalue weighted by atomic mass is 9.92. The molecule has 1 atom stereocenters. The van der Waals surface area contributed by atoms with Gasteiger partial charge in [0.05, 0.1) is 6.04 Å². The van der Waals surface area contributed by atoms with Crippen LogP contribution in [0.2, 0.25) is 0 Å². The van der Waals surface area contributed by atoms with E-state index in [9.17, 15) is 5.11 Å². The lowest BCUT2D eigenvalue weighted by molar-refractivity contribution is -0.109. The molecule has 0 bridgehead atoms. The van der Waals surface area contributed by atoms with Gasteiger partial charge >= 0.3 is 0 Å². The number of carbonyl (C=O) groups excluding carboxylic acids is 1. The second-order valence-corrected chi connectivity index (χ2v) is 5.78. The first-order valence-corrected chi connectivity index (χ1v) is 7.92. The molecule has 0 fully saturated rings. The van der Waals surface area contributed by atoms with Crippen LogP contribution in [-0.4, -0.2) is 30.5 Å². The monoisotopic (exact) mass is 337 g/mol. The van der Waals surface area contributed by atoms with Crippen LogP contribution in [0.25, 0.3) is 10.8 Å². The van der Waals surface area contributed by atoms with Crippen LogP contribution in [-0.2, 0) is 4.79 Å². The van der Waals surface area contributed by atoms with Gasteiger partial charge in [0.15, 0.2) is 0 Å². The molecule has 0 heterocycles. The van der Waals surface area contributed by atoms with E-state index in [0.717, 1.165) is 16.3 Å². The zero-order chi connectivity index (χ0) is 18.2. The molecular formula is C20H23N3O2. The summed E-state index contributed by atoms with van der Waals surface area (Å²) in [5, 5.41) is 12.7. The lowest BCUT2D eigenvalue weighted by Crippen LogP contribution is -2.21. The quantitative estimate of drug-likeness (QED) is 0.296. The largest absolute Gasteiger partial charge is 0.508 e. The molecule has 130 valence electrons. The van der Waals surface area contributed by atoms with Gasteiger partial charge in [-0.15, -0.1) is 0 Å². The van der Waals surface area contributed by atoms with Crippen molar-refractivity contribution in [3.63, 3.8) is 0 Å². The third-order valence-corrected chi connectivity index (χ3v) is 3.92. The number of hydrazine groups is 1. The highest BCUT2D eigenvalue weighted by Crippen LogP contribution is 2.38. The van der Waals surface area contributed by atoms with E-state index < -0.39 is 0 Å². The van der Waals surface area contributed by atoms with E-state index in [4.69, 9.17) is 4.79 Å². The van der Waals surface area contributed by atoms with Crippen molar-refractivity contribution in [3.8, 4) is 5.75 Å². The van der Waals surface area contributed by atoms with Gasteiger partial charge in [0, 0.05) is 5.56 Å². The first kappa shape index (κ1) is 18.4. The number of carbonyl (C=O) groups is 1. The number of hydrogen-bond acceptors (Lipinski definition) is 4. The number of fused-ring (bicyclic) bond motifs is 1. The number of phenolic OH excluding ortho intramolecular Hbond substituents is 1. The molecule has 0 aliphatic carbocycles.